The molecule has 7 heteroatoms. The van der Waals surface area contributed by atoms with Gasteiger partial charge in [0, 0.05) is 10.8 Å². The first kappa shape index (κ1) is 17.8. The highest BCUT2D eigenvalue weighted by atomic mass is 16.6. The van der Waals surface area contributed by atoms with Crippen LogP contribution >= 0.6 is 0 Å². The van der Waals surface area contributed by atoms with Crippen LogP contribution < -0.4 is 0 Å². The smallest absolute Gasteiger partial charge is 0.317 e. The number of ether oxygens (including phenoxy) is 2. The first-order valence-electron chi connectivity index (χ1n) is 10.8. The van der Waals surface area contributed by atoms with E-state index in [1.54, 1.807) is 0 Å². The predicted molar refractivity (Wildman–Crippen MR) is 94.5 cm³/mol. The van der Waals surface area contributed by atoms with Gasteiger partial charge in [0.25, 0.3) is 0 Å². The van der Waals surface area contributed by atoms with Crippen LogP contribution in [-0.2, 0) is 33.4 Å². The summed E-state index contributed by atoms with van der Waals surface area (Å²) < 4.78 is 9.74. The molecule has 2 saturated heterocycles. The van der Waals surface area contributed by atoms with Crippen LogP contribution in [0, 0.1) is 52.3 Å². The average molecular weight is 400 g/mol. The van der Waals surface area contributed by atoms with Gasteiger partial charge < -0.3 is 9.47 Å². The Labute approximate surface area is 167 Å². The molecule has 6 aliphatic rings. The quantitative estimate of drug-likeness (QED) is 0.514. The summed E-state index contributed by atoms with van der Waals surface area (Å²) in [5.41, 5.74) is -1.09. The Bertz CT molecular complexity index is 892. The first-order valence-corrected chi connectivity index (χ1v) is 10.8. The average Bonchev–Trinajstić information content (AvgIpc) is 3.46. The number of cyclic esters (lactones) is 4. The SMILES string of the molecule is C[C@]1(CC2CC[C@@H]3C(=O)OC(=O)[C@H]23)CC[C@@]2(C[C@@H]3CC2[C@H]2C(=O)OC(=O)[C@@H]32)C1=O. The third kappa shape index (κ3) is 2.01. The topological polar surface area (TPSA) is 104 Å². The van der Waals surface area contributed by atoms with Crippen LogP contribution in [0.1, 0.15) is 51.9 Å². The molecule has 4 aliphatic carbocycles. The van der Waals surface area contributed by atoms with Crippen molar-refractivity contribution in [1.29, 1.82) is 0 Å². The van der Waals surface area contributed by atoms with Crippen LogP contribution in [0.25, 0.3) is 0 Å². The van der Waals surface area contributed by atoms with Gasteiger partial charge in [-0.1, -0.05) is 6.92 Å². The third-order valence-electron chi connectivity index (χ3n) is 9.37. The summed E-state index contributed by atoms with van der Waals surface area (Å²) in [4.78, 5) is 62.2. The van der Waals surface area contributed by atoms with Crippen LogP contribution in [0.4, 0.5) is 0 Å². The van der Waals surface area contributed by atoms with Gasteiger partial charge in [-0.2, -0.15) is 0 Å². The van der Waals surface area contributed by atoms with Crippen molar-refractivity contribution in [2.75, 3.05) is 0 Å². The van der Waals surface area contributed by atoms with Crippen molar-refractivity contribution in [1.82, 2.24) is 0 Å². The Balaban J connectivity index is 1.26. The zero-order valence-electron chi connectivity index (χ0n) is 16.3. The molecule has 0 amide bonds. The van der Waals surface area contributed by atoms with Gasteiger partial charge in [0.1, 0.15) is 5.78 Å². The van der Waals surface area contributed by atoms with Gasteiger partial charge in [0.05, 0.1) is 23.7 Å². The molecule has 154 valence electrons. The molecule has 2 unspecified atom stereocenters. The molecule has 6 fully saturated rings. The van der Waals surface area contributed by atoms with E-state index in [1.165, 1.54) is 0 Å². The Morgan fingerprint density at radius 2 is 1.55 bits per heavy atom. The Hall–Kier alpha value is -2.05. The second kappa shape index (κ2) is 5.35. The summed E-state index contributed by atoms with van der Waals surface area (Å²) in [6.07, 6.45) is 4.90. The lowest BCUT2D eigenvalue weighted by Crippen LogP contribution is -2.44. The largest absolute Gasteiger partial charge is 0.393 e. The molecular weight excluding hydrogens is 376 g/mol. The lowest BCUT2D eigenvalue weighted by atomic mass is 9.62. The van der Waals surface area contributed by atoms with Crippen LogP contribution in [-0.4, -0.2) is 29.7 Å². The van der Waals surface area contributed by atoms with Crippen LogP contribution in [0.5, 0.6) is 0 Å². The third-order valence-corrected chi connectivity index (χ3v) is 9.37. The number of carbonyl (C=O) groups excluding carboxylic acids is 5. The van der Waals surface area contributed by atoms with E-state index < -0.39 is 46.5 Å². The highest BCUT2D eigenvalue weighted by Crippen LogP contribution is 2.70. The van der Waals surface area contributed by atoms with Gasteiger partial charge in [0.15, 0.2) is 0 Å². The molecule has 9 atom stereocenters. The Morgan fingerprint density at radius 1 is 0.862 bits per heavy atom. The number of ketones is 1. The van der Waals surface area contributed by atoms with Crippen LogP contribution in [0.3, 0.4) is 0 Å². The minimum atomic E-state index is -0.558. The number of fused-ring (bicyclic) bond motifs is 7. The fourth-order valence-corrected chi connectivity index (χ4v) is 8.27. The molecule has 7 nitrogen and oxygen atoms in total. The van der Waals surface area contributed by atoms with Gasteiger partial charge in [-0.3, -0.25) is 24.0 Å². The minimum Gasteiger partial charge on any atom is -0.393 e. The molecule has 0 aromatic carbocycles. The van der Waals surface area contributed by atoms with E-state index in [0.29, 0.717) is 19.3 Å². The number of Topliss-reactive ketones (excluding diaryl/α,β-unsaturated/α-hetero) is 1. The molecular formula is C22H24O7. The molecule has 4 saturated carbocycles. The highest BCUT2D eigenvalue weighted by molar-refractivity contribution is 6.00. The van der Waals surface area contributed by atoms with E-state index in [4.69, 9.17) is 9.47 Å². The normalized spacial score (nSPS) is 52.4. The number of esters is 4. The Kier molecular flexibility index (Phi) is 3.28. The van der Waals surface area contributed by atoms with Crippen molar-refractivity contribution in [3.63, 3.8) is 0 Å². The fourth-order valence-electron chi connectivity index (χ4n) is 8.27. The zero-order chi connectivity index (χ0) is 20.3. The molecule has 6 rings (SSSR count). The second-order valence-electron chi connectivity index (χ2n) is 10.6. The van der Waals surface area contributed by atoms with Gasteiger partial charge in [-0.25, -0.2) is 0 Å². The summed E-state index contributed by atoms with van der Waals surface area (Å²) >= 11 is 0. The molecule has 0 N–H and O–H groups in total. The summed E-state index contributed by atoms with van der Waals surface area (Å²) in [7, 11) is 0. The van der Waals surface area contributed by atoms with Crippen molar-refractivity contribution in [3.8, 4) is 0 Å². The molecule has 2 heterocycles. The number of hydrogen-bond donors (Lipinski definition) is 0. The van der Waals surface area contributed by atoms with Crippen molar-refractivity contribution >= 4 is 29.7 Å². The second-order valence-corrected chi connectivity index (χ2v) is 10.6. The van der Waals surface area contributed by atoms with Crippen molar-refractivity contribution in [2.24, 2.45) is 52.3 Å². The first-order chi connectivity index (χ1) is 13.7. The van der Waals surface area contributed by atoms with E-state index in [-0.39, 0.29) is 35.4 Å². The standard InChI is InChI=1S/C22H24O7/c1-21(7-9-2-3-11-13(9)17(24)28-16(11)23)4-5-22(20(21)27)8-10-6-12(22)15-14(10)18(25)29-19(15)26/h9-15H,2-8H2,1H3/t9?,10-,11-,12?,13+,14-,15+,21+,22-/m0/s1. The predicted octanol–water partition coefficient (Wildman–Crippen LogP) is 1.81. The van der Waals surface area contributed by atoms with E-state index in [0.717, 1.165) is 25.7 Å². The van der Waals surface area contributed by atoms with E-state index in [2.05, 4.69) is 0 Å². The maximum Gasteiger partial charge on any atom is 0.317 e. The maximum atomic E-state index is 13.8. The Morgan fingerprint density at radius 3 is 2.34 bits per heavy atom. The molecule has 0 aromatic rings. The van der Waals surface area contributed by atoms with Crippen molar-refractivity contribution in [2.45, 2.75) is 51.9 Å². The molecule has 0 aromatic heterocycles. The van der Waals surface area contributed by atoms with E-state index in [1.807, 2.05) is 6.92 Å². The number of carbonyl (C=O) groups is 5. The molecule has 0 radical (unpaired) electrons. The number of rotatable bonds is 2. The van der Waals surface area contributed by atoms with Gasteiger partial charge in [0.2, 0.25) is 0 Å². The highest BCUT2D eigenvalue weighted by Gasteiger charge is 2.73. The van der Waals surface area contributed by atoms with Crippen LogP contribution in [0.15, 0.2) is 0 Å². The summed E-state index contributed by atoms with van der Waals surface area (Å²) in [5, 5.41) is 0. The van der Waals surface area contributed by atoms with Gasteiger partial charge in [-0.15, -0.1) is 0 Å². The lowest BCUT2D eigenvalue weighted by molar-refractivity contribution is -0.157. The monoisotopic (exact) mass is 400 g/mol. The lowest BCUT2D eigenvalue weighted by Gasteiger charge is -2.38. The maximum absolute atomic E-state index is 13.8. The van der Waals surface area contributed by atoms with Gasteiger partial charge in [-0.05, 0) is 62.7 Å². The fraction of sp³-hybridized carbons (Fsp3) is 0.773. The molecule has 2 aliphatic heterocycles. The minimum absolute atomic E-state index is 0.00703. The van der Waals surface area contributed by atoms with Gasteiger partial charge >= 0.3 is 23.9 Å². The molecule has 29 heavy (non-hydrogen) atoms. The van der Waals surface area contributed by atoms with Crippen LogP contribution in [0.2, 0.25) is 0 Å². The summed E-state index contributed by atoms with van der Waals surface area (Å²) in [6.45, 7) is 1.99. The van der Waals surface area contributed by atoms with Crippen molar-refractivity contribution < 1.29 is 33.4 Å². The zero-order valence-corrected chi connectivity index (χ0v) is 16.3. The molecule has 1 spiro atoms. The number of hydrogen-bond acceptors (Lipinski definition) is 7. The van der Waals surface area contributed by atoms with E-state index >= 15 is 0 Å². The molecule has 2 bridgehead atoms. The summed E-state index contributed by atoms with van der Waals surface area (Å²) in [5.74, 6) is -3.09. The van der Waals surface area contributed by atoms with E-state index in [9.17, 15) is 24.0 Å². The summed E-state index contributed by atoms with van der Waals surface area (Å²) in [6, 6.07) is 0. The van der Waals surface area contributed by atoms with Crippen molar-refractivity contribution in [3.05, 3.63) is 0 Å².